The minimum Gasteiger partial charge on any atom is -0.349 e. The Kier molecular flexibility index (Phi) is 9.20. The van der Waals surface area contributed by atoms with Crippen molar-refractivity contribution < 1.29 is 13.6 Å². The summed E-state index contributed by atoms with van der Waals surface area (Å²) in [5.41, 5.74) is 1.04. The van der Waals surface area contributed by atoms with Gasteiger partial charge < -0.3 is 10.6 Å². The molecule has 0 radical (unpaired) electrons. The van der Waals surface area contributed by atoms with E-state index >= 15 is 0 Å². The number of carbonyl (C=O) groups is 1. The third-order valence-electron chi connectivity index (χ3n) is 3.44. The smallest absolute Gasteiger partial charge is 0.254 e. The molecule has 28 heavy (non-hydrogen) atoms. The number of nitrogens with zero attached hydrogens (tertiary/aromatic N) is 3. The van der Waals surface area contributed by atoms with Gasteiger partial charge in [-0.2, -0.15) is 0 Å². The standard InChI is InChI=1S/C18H15F2N5O.2ClH/c19-6-9-23-18(26)14-10-13(3-4-15(14)20)24-16-5-8-22-17(25-16)12-2-1-7-21-11-12;;/h1-5,7-8,10-11H,6,9H2,(H,23,26)(H,22,24,25);2*1H. The van der Waals surface area contributed by atoms with E-state index in [-0.39, 0.29) is 36.9 Å². The normalized spacial score (nSPS) is 9.64. The number of alkyl halides is 1. The highest BCUT2D eigenvalue weighted by Crippen LogP contribution is 2.20. The van der Waals surface area contributed by atoms with Gasteiger partial charge >= 0.3 is 0 Å². The molecule has 3 aromatic rings. The van der Waals surface area contributed by atoms with E-state index in [1.807, 2.05) is 6.07 Å². The molecule has 0 spiro atoms. The van der Waals surface area contributed by atoms with Crippen LogP contribution in [0, 0.1) is 5.82 Å². The summed E-state index contributed by atoms with van der Waals surface area (Å²) in [6.07, 6.45) is 4.87. The van der Waals surface area contributed by atoms with Gasteiger partial charge in [-0.3, -0.25) is 9.78 Å². The second-order valence-electron chi connectivity index (χ2n) is 5.27. The lowest BCUT2D eigenvalue weighted by atomic mass is 10.1. The molecule has 2 heterocycles. The van der Waals surface area contributed by atoms with Gasteiger partial charge in [-0.15, -0.1) is 24.8 Å². The summed E-state index contributed by atoms with van der Waals surface area (Å²) in [4.78, 5) is 24.5. The highest BCUT2D eigenvalue weighted by Gasteiger charge is 2.12. The van der Waals surface area contributed by atoms with Gasteiger partial charge in [0.15, 0.2) is 5.82 Å². The zero-order valence-corrected chi connectivity index (χ0v) is 16.1. The Hall–Kier alpha value is -2.84. The van der Waals surface area contributed by atoms with E-state index in [0.717, 1.165) is 11.6 Å². The van der Waals surface area contributed by atoms with Crippen molar-refractivity contribution in [3.8, 4) is 11.4 Å². The largest absolute Gasteiger partial charge is 0.349 e. The van der Waals surface area contributed by atoms with Crippen LogP contribution < -0.4 is 10.6 Å². The lowest BCUT2D eigenvalue weighted by Gasteiger charge is -2.10. The summed E-state index contributed by atoms with van der Waals surface area (Å²) in [5.74, 6) is -0.417. The number of pyridine rings is 1. The summed E-state index contributed by atoms with van der Waals surface area (Å²) in [6.45, 7) is -0.889. The number of hydrogen-bond acceptors (Lipinski definition) is 5. The van der Waals surface area contributed by atoms with Gasteiger partial charge in [0.05, 0.1) is 5.56 Å². The van der Waals surface area contributed by atoms with Gasteiger partial charge in [-0.1, -0.05) is 0 Å². The fraction of sp³-hybridized carbons (Fsp3) is 0.111. The first-order valence-electron chi connectivity index (χ1n) is 7.81. The van der Waals surface area contributed by atoms with Crippen LogP contribution in [0.2, 0.25) is 0 Å². The molecule has 0 bridgehead atoms. The summed E-state index contributed by atoms with van der Waals surface area (Å²) in [7, 11) is 0. The predicted octanol–water partition coefficient (Wildman–Crippen LogP) is 3.96. The van der Waals surface area contributed by atoms with Crippen molar-refractivity contribution in [1.82, 2.24) is 20.3 Å². The molecule has 3 rings (SSSR count). The van der Waals surface area contributed by atoms with E-state index in [9.17, 15) is 13.6 Å². The van der Waals surface area contributed by atoms with Crippen LogP contribution in [0.25, 0.3) is 11.4 Å². The van der Waals surface area contributed by atoms with Crippen LogP contribution in [0.4, 0.5) is 20.3 Å². The summed E-state index contributed by atoms with van der Waals surface area (Å²) in [5, 5.41) is 5.30. The molecule has 0 atom stereocenters. The van der Waals surface area contributed by atoms with Crippen LogP contribution >= 0.6 is 24.8 Å². The molecule has 1 amide bonds. The molecule has 0 saturated heterocycles. The van der Waals surface area contributed by atoms with Gasteiger partial charge in [-0.05, 0) is 36.4 Å². The van der Waals surface area contributed by atoms with E-state index in [0.29, 0.717) is 17.3 Å². The highest BCUT2D eigenvalue weighted by atomic mass is 35.5. The molecule has 0 aliphatic carbocycles. The van der Waals surface area contributed by atoms with Gasteiger partial charge in [0.2, 0.25) is 0 Å². The van der Waals surface area contributed by atoms with Crippen LogP contribution in [-0.2, 0) is 0 Å². The average molecular weight is 428 g/mol. The van der Waals surface area contributed by atoms with Crippen LogP contribution in [0.3, 0.4) is 0 Å². The van der Waals surface area contributed by atoms with Crippen molar-refractivity contribution in [2.75, 3.05) is 18.5 Å². The quantitative estimate of drug-likeness (QED) is 0.622. The first-order valence-corrected chi connectivity index (χ1v) is 7.81. The molecule has 10 heteroatoms. The number of halogens is 4. The molecular formula is C18H17Cl2F2N5O. The zero-order valence-electron chi connectivity index (χ0n) is 14.4. The molecule has 0 fully saturated rings. The molecule has 1 aromatic carbocycles. The van der Waals surface area contributed by atoms with E-state index in [2.05, 4.69) is 25.6 Å². The number of rotatable bonds is 6. The first-order chi connectivity index (χ1) is 12.7. The molecule has 2 N–H and O–H groups in total. The maximum absolute atomic E-state index is 13.9. The fourth-order valence-corrected chi connectivity index (χ4v) is 2.24. The lowest BCUT2D eigenvalue weighted by molar-refractivity contribution is 0.0947. The van der Waals surface area contributed by atoms with E-state index in [4.69, 9.17) is 0 Å². The van der Waals surface area contributed by atoms with Crippen molar-refractivity contribution in [1.29, 1.82) is 0 Å². The zero-order chi connectivity index (χ0) is 18.4. The minimum absolute atomic E-state index is 0. The number of amides is 1. The second kappa shape index (κ2) is 11.1. The second-order valence-corrected chi connectivity index (χ2v) is 5.27. The number of carbonyl (C=O) groups excluding carboxylic acids is 1. The summed E-state index contributed by atoms with van der Waals surface area (Å²) < 4.78 is 26.0. The van der Waals surface area contributed by atoms with Gasteiger partial charge in [0, 0.05) is 36.4 Å². The Morgan fingerprint density at radius 3 is 2.64 bits per heavy atom. The lowest BCUT2D eigenvalue weighted by Crippen LogP contribution is -2.26. The number of benzene rings is 1. The molecule has 0 aliphatic heterocycles. The molecule has 2 aromatic heterocycles. The molecule has 6 nitrogen and oxygen atoms in total. The van der Waals surface area contributed by atoms with Crippen molar-refractivity contribution in [3.63, 3.8) is 0 Å². The van der Waals surface area contributed by atoms with Crippen molar-refractivity contribution in [3.05, 3.63) is 66.4 Å². The van der Waals surface area contributed by atoms with E-state index in [1.165, 1.54) is 12.1 Å². The van der Waals surface area contributed by atoms with E-state index in [1.54, 1.807) is 30.7 Å². The SMILES string of the molecule is Cl.Cl.O=C(NCCF)c1cc(Nc2ccnc(-c3cccnc3)n2)ccc1F. The van der Waals surface area contributed by atoms with Crippen LogP contribution in [0.5, 0.6) is 0 Å². The Bertz CT molecular complexity index is 915. The van der Waals surface area contributed by atoms with Gasteiger partial charge in [-0.25, -0.2) is 18.7 Å². The summed E-state index contributed by atoms with van der Waals surface area (Å²) in [6, 6.07) is 9.24. The molecule has 0 saturated carbocycles. The van der Waals surface area contributed by atoms with Gasteiger partial charge in [0.25, 0.3) is 5.91 Å². The molecule has 0 aliphatic rings. The molecular weight excluding hydrogens is 411 g/mol. The van der Waals surface area contributed by atoms with Crippen LogP contribution in [0.15, 0.2) is 55.0 Å². The highest BCUT2D eigenvalue weighted by molar-refractivity contribution is 5.95. The number of nitrogens with one attached hydrogen (secondary N) is 2. The monoisotopic (exact) mass is 427 g/mol. The number of anilines is 2. The van der Waals surface area contributed by atoms with Crippen molar-refractivity contribution >= 4 is 42.2 Å². The third kappa shape index (κ3) is 5.83. The maximum Gasteiger partial charge on any atom is 0.254 e. The fourth-order valence-electron chi connectivity index (χ4n) is 2.24. The predicted molar refractivity (Wildman–Crippen MR) is 108 cm³/mol. The average Bonchev–Trinajstić information content (AvgIpc) is 2.68. The van der Waals surface area contributed by atoms with E-state index < -0.39 is 18.4 Å². The van der Waals surface area contributed by atoms with Crippen molar-refractivity contribution in [2.45, 2.75) is 0 Å². The topological polar surface area (TPSA) is 79.8 Å². The summed E-state index contributed by atoms with van der Waals surface area (Å²) >= 11 is 0. The Balaban J connectivity index is 0.00000196. The maximum atomic E-state index is 13.9. The minimum atomic E-state index is -0.719. The van der Waals surface area contributed by atoms with Crippen molar-refractivity contribution in [2.24, 2.45) is 0 Å². The molecule has 148 valence electrons. The van der Waals surface area contributed by atoms with Crippen LogP contribution in [0.1, 0.15) is 10.4 Å². The third-order valence-corrected chi connectivity index (χ3v) is 3.44. The number of aromatic nitrogens is 3. The first kappa shape index (κ1) is 23.2. The Morgan fingerprint density at radius 2 is 1.93 bits per heavy atom. The Morgan fingerprint density at radius 1 is 1.11 bits per heavy atom. The van der Waals surface area contributed by atoms with Crippen LogP contribution in [-0.4, -0.2) is 34.1 Å². The Labute approximate surface area is 172 Å². The number of hydrogen-bond donors (Lipinski definition) is 2. The molecule has 0 unspecified atom stereocenters. The van der Waals surface area contributed by atoms with Gasteiger partial charge in [0.1, 0.15) is 18.3 Å².